The summed E-state index contributed by atoms with van der Waals surface area (Å²) in [7, 11) is -3.92. The highest BCUT2D eigenvalue weighted by Crippen LogP contribution is 2.26. The predicted octanol–water partition coefficient (Wildman–Crippen LogP) is 3.46. The quantitative estimate of drug-likeness (QED) is 0.472. The van der Waals surface area contributed by atoms with Gasteiger partial charge in [0.25, 0.3) is 15.8 Å². The normalized spacial score (nSPS) is 11.4. The van der Waals surface area contributed by atoms with E-state index in [0.29, 0.717) is 5.56 Å². The van der Waals surface area contributed by atoms with E-state index in [1.807, 2.05) is 6.92 Å². The number of nitro benzene ring substituents is 1. The van der Waals surface area contributed by atoms with E-state index in [4.69, 9.17) is 15.8 Å². The topological polar surface area (TPSA) is 86.5 Å². The van der Waals surface area contributed by atoms with Gasteiger partial charge in [-0.05, 0) is 30.7 Å². The van der Waals surface area contributed by atoms with Crippen molar-refractivity contribution in [1.82, 2.24) is 0 Å². The average molecular weight is 342 g/mol. The SMILES string of the molecule is Cc1ccc(S(=O)(=O)OCc2ccc(Cl)c([N+](=O)[O-])c2)cc1. The molecule has 116 valence electrons. The van der Waals surface area contributed by atoms with Crippen LogP contribution in [-0.2, 0) is 20.9 Å². The minimum atomic E-state index is -3.92. The third-order valence-corrected chi connectivity index (χ3v) is 4.49. The number of benzene rings is 2. The summed E-state index contributed by atoms with van der Waals surface area (Å²) in [5, 5.41) is 10.8. The van der Waals surface area contributed by atoms with Crippen LogP contribution in [0.1, 0.15) is 11.1 Å². The van der Waals surface area contributed by atoms with Crippen LogP contribution in [-0.4, -0.2) is 13.3 Å². The molecule has 0 saturated heterocycles. The van der Waals surface area contributed by atoms with Gasteiger partial charge in [0, 0.05) is 6.07 Å². The minimum absolute atomic E-state index is 0.0184. The van der Waals surface area contributed by atoms with Crippen LogP contribution in [0.25, 0.3) is 0 Å². The van der Waals surface area contributed by atoms with E-state index < -0.39 is 15.0 Å². The van der Waals surface area contributed by atoms with E-state index in [-0.39, 0.29) is 22.2 Å². The van der Waals surface area contributed by atoms with Gasteiger partial charge in [0.15, 0.2) is 0 Å². The molecule has 22 heavy (non-hydrogen) atoms. The minimum Gasteiger partial charge on any atom is -0.262 e. The van der Waals surface area contributed by atoms with Crippen molar-refractivity contribution < 1.29 is 17.5 Å². The standard InChI is InChI=1S/C14H12ClNO5S/c1-10-2-5-12(6-3-10)22(19,20)21-9-11-4-7-13(15)14(8-11)16(17)18/h2-8H,9H2,1H3. The molecule has 2 rings (SSSR count). The Hall–Kier alpha value is -1.96. The summed E-state index contributed by atoms with van der Waals surface area (Å²) in [5.74, 6) is 0. The van der Waals surface area contributed by atoms with Gasteiger partial charge in [-0.1, -0.05) is 35.4 Å². The summed E-state index contributed by atoms with van der Waals surface area (Å²) >= 11 is 5.69. The second-order valence-electron chi connectivity index (χ2n) is 4.57. The van der Waals surface area contributed by atoms with Gasteiger partial charge in [-0.3, -0.25) is 14.3 Å². The first kappa shape index (κ1) is 16.4. The first-order valence-electron chi connectivity index (χ1n) is 6.18. The molecule has 2 aromatic rings. The van der Waals surface area contributed by atoms with E-state index in [2.05, 4.69) is 0 Å². The number of hydrogen-bond donors (Lipinski definition) is 0. The largest absolute Gasteiger partial charge is 0.297 e. The van der Waals surface area contributed by atoms with E-state index in [1.54, 1.807) is 12.1 Å². The van der Waals surface area contributed by atoms with Crippen LogP contribution in [0.5, 0.6) is 0 Å². The zero-order valence-electron chi connectivity index (χ0n) is 11.5. The highest BCUT2D eigenvalue weighted by molar-refractivity contribution is 7.86. The Morgan fingerprint density at radius 1 is 1.18 bits per heavy atom. The van der Waals surface area contributed by atoms with Crippen LogP contribution in [0.15, 0.2) is 47.4 Å². The first-order valence-corrected chi connectivity index (χ1v) is 7.97. The van der Waals surface area contributed by atoms with Gasteiger partial charge >= 0.3 is 0 Å². The van der Waals surface area contributed by atoms with Crippen molar-refractivity contribution in [3.05, 3.63) is 68.7 Å². The third kappa shape index (κ3) is 3.82. The molecular weight excluding hydrogens is 330 g/mol. The van der Waals surface area contributed by atoms with Gasteiger partial charge in [-0.15, -0.1) is 0 Å². The average Bonchev–Trinajstić information content (AvgIpc) is 2.46. The van der Waals surface area contributed by atoms with Crippen molar-refractivity contribution in [1.29, 1.82) is 0 Å². The van der Waals surface area contributed by atoms with Gasteiger partial charge in [0.2, 0.25) is 0 Å². The monoisotopic (exact) mass is 341 g/mol. The summed E-state index contributed by atoms with van der Waals surface area (Å²) in [6.45, 7) is 1.53. The highest BCUT2D eigenvalue weighted by atomic mass is 35.5. The van der Waals surface area contributed by atoms with Crippen LogP contribution in [0.2, 0.25) is 5.02 Å². The molecule has 0 heterocycles. The molecule has 0 aliphatic heterocycles. The summed E-state index contributed by atoms with van der Waals surface area (Å²) in [4.78, 5) is 10.2. The molecular formula is C14H12ClNO5S. The van der Waals surface area contributed by atoms with Crippen molar-refractivity contribution in [3.8, 4) is 0 Å². The van der Waals surface area contributed by atoms with E-state index >= 15 is 0 Å². The molecule has 0 radical (unpaired) electrons. The van der Waals surface area contributed by atoms with E-state index in [1.165, 1.54) is 30.3 Å². The molecule has 8 heteroatoms. The summed E-state index contributed by atoms with van der Waals surface area (Å²) < 4.78 is 29.0. The number of rotatable bonds is 5. The first-order chi connectivity index (χ1) is 10.3. The lowest BCUT2D eigenvalue weighted by atomic mass is 10.2. The Labute approximate surface area is 132 Å². The number of halogens is 1. The second-order valence-corrected chi connectivity index (χ2v) is 6.59. The predicted molar refractivity (Wildman–Crippen MR) is 81.3 cm³/mol. The van der Waals surface area contributed by atoms with Crippen LogP contribution >= 0.6 is 11.6 Å². The van der Waals surface area contributed by atoms with Crippen molar-refractivity contribution >= 4 is 27.4 Å². The lowest BCUT2D eigenvalue weighted by molar-refractivity contribution is -0.384. The Bertz CT molecular complexity index is 802. The Balaban J connectivity index is 2.17. The summed E-state index contributed by atoms with van der Waals surface area (Å²) in [6.07, 6.45) is 0. The molecule has 0 amide bonds. The molecule has 0 atom stereocenters. The summed E-state index contributed by atoms with van der Waals surface area (Å²) in [5.41, 5.74) is 0.967. The Kier molecular flexibility index (Phi) is 4.80. The molecule has 0 aliphatic carbocycles. The van der Waals surface area contributed by atoms with Crippen molar-refractivity contribution in [2.75, 3.05) is 0 Å². The lowest BCUT2D eigenvalue weighted by Gasteiger charge is -2.06. The Morgan fingerprint density at radius 2 is 1.82 bits per heavy atom. The molecule has 0 aliphatic rings. The molecule has 0 spiro atoms. The third-order valence-electron chi connectivity index (χ3n) is 2.90. The lowest BCUT2D eigenvalue weighted by Crippen LogP contribution is -2.06. The van der Waals surface area contributed by atoms with Gasteiger partial charge in [0.1, 0.15) is 5.02 Å². The smallest absolute Gasteiger partial charge is 0.262 e. The molecule has 0 aromatic heterocycles. The van der Waals surface area contributed by atoms with E-state index in [9.17, 15) is 18.5 Å². The molecule has 0 fully saturated rings. The zero-order valence-corrected chi connectivity index (χ0v) is 13.1. The molecule has 0 bridgehead atoms. The molecule has 0 unspecified atom stereocenters. The number of hydrogen-bond acceptors (Lipinski definition) is 5. The number of nitrogens with zero attached hydrogens (tertiary/aromatic N) is 1. The number of aryl methyl sites for hydroxylation is 1. The fraction of sp³-hybridized carbons (Fsp3) is 0.143. The van der Waals surface area contributed by atoms with Crippen molar-refractivity contribution in [2.24, 2.45) is 0 Å². The molecule has 2 aromatic carbocycles. The van der Waals surface area contributed by atoms with Crippen LogP contribution in [0.4, 0.5) is 5.69 Å². The number of nitro groups is 1. The second kappa shape index (κ2) is 6.43. The highest BCUT2D eigenvalue weighted by Gasteiger charge is 2.17. The summed E-state index contributed by atoms with van der Waals surface area (Å²) in [6, 6.07) is 10.2. The molecule has 0 N–H and O–H groups in total. The molecule has 6 nitrogen and oxygen atoms in total. The molecule has 0 saturated carbocycles. The van der Waals surface area contributed by atoms with Gasteiger partial charge < -0.3 is 0 Å². The van der Waals surface area contributed by atoms with E-state index in [0.717, 1.165) is 5.56 Å². The van der Waals surface area contributed by atoms with Gasteiger partial charge in [0.05, 0.1) is 16.4 Å². The zero-order chi connectivity index (χ0) is 16.3. The maximum absolute atomic E-state index is 12.0. The maximum atomic E-state index is 12.0. The van der Waals surface area contributed by atoms with Crippen molar-refractivity contribution in [3.63, 3.8) is 0 Å². The van der Waals surface area contributed by atoms with Crippen LogP contribution in [0, 0.1) is 17.0 Å². The van der Waals surface area contributed by atoms with Crippen LogP contribution < -0.4 is 0 Å². The van der Waals surface area contributed by atoms with Gasteiger partial charge in [-0.2, -0.15) is 8.42 Å². The Morgan fingerprint density at radius 3 is 2.41 bits per heavy atom. The van der Waals surface area contributed by atoms with Crippen LogP contribution in [0.3, 0.4) is 0 Å². The fourth-order valence-electron chi connectivity index (χ4n) is 1.71. The fourth-order valence-corrected chi connectivity index (χ4v) is 2.79. The maximum Gasteiger partial charge on any atom is 0.297 e. The van der Waals surface area contributed by atoms with Crippen molar-refractivity contribution in [2.45, 2.75) is 18.4 Å². The van der Waals surface area contributed by atoms with Gasteiger partial charge in [-0.25, -0.2) is 0 Å².